The van der Waals surface area contributed by atoms with Gasteiger partial charge >= 0.3 is 0 Å². The molecule has 146 valence electrons. The van der Waals surface area contributed by atoms with Crippen molar-refractivity contribution in [2.24, 2.45) is 0 Å². The predicted octanol–water partition coefficient (Wildman–Crippen LogP) is 2.68. The fourth-order valence-corrected chi connectivity index (χ4v) is 3.69. The van der Waals surface area contributed by atoms with E-state index >= 15 is 0 Å². The van der Waals surface area contributed by atoms with Crippen LogP contribution < -0.4 is 15.4 Å². The van der Waals surface area contributed by atoms with Gasteiger partial charge in [-0.1, -0.05) is 6.92 Å². The molecule has 27 heavy (non-hydrogen) atoms. The smallest absolute Gasteiger partial charge is 0.278 e. The van der Waals surface area contributed by atoms with Gasteiger partial charge in [-0.2, -0.15) is 0 Å². The van der Waals surface area contributed by atoms with E-state index < -0.39 is 15.7 Å². The van der Waals surface area contributed by atoms with Crippen molar-refractivity contribution in [2.45, 2.75) is 31.8 Å². The van der Waals surface area contributed by atoms with Crippen LogP contribution in [0, 0.1) is 0 Å². The summed E-state index contributed by atoms with van der Waals surface area (Å²) in [6, 6.07) is 2.88. The first-order valence-electron chi connectivity index (χ1n) is 8.15. The number of nitrogens with two attached hydrogens (primary N) is 1. The van der Waals surface area contributed by atoms with E-state index in [1.807, 2.05) is 13.8 Å². The fraction of sp³-hybridized carbons (Fsp3) is 0.353. The summed E-state index contributed by atoms with van der Waals surface area (Å²) in [4.78, 5) is 22.1. The normalized spacial score (nSPS) is 11.5. The number of ether oxygens (including phenoxy) is 1. The lowest BCUT2D eigenvalue weighted by atomic mass is 10.2. The summed E-state index contributed by atoms with van der Waals surface area (Å²) in [5.41, 5.74) is 6.40. The zero-order chi connectivity index (χ0) is 20.4. The number of nitrogens with zero attached hydrogens (tertiary/aromatic N) is 3. The number of sulfone groups is 1. The Morgan fingerprint density at radius 2 is 1.96 bits per heavy atom. The number of anilines is 2. The molecule has 2 N–H and O–H groups in total. The molecule has 2 aromatic heterocycles. The SMILES string of the molecule is CCS(=O)(=O)c1cc(OC(C)C)cnc1C(=O)N(C)c1cnc(Br)cc1N. The van der Waals surface area contributed by atoms with Crippen LogP contribution in [0.5, 0.6) is 5.75 Å². The molecule has 1 amide bonds. The van der Waals surface area contributed by atoms with Crippen LogP contribution in [0.3, 0.4) is 0 Å². The van der Waals surface area contributed by atoms with Gasteiger partial charge in [0, 0.05) is 13.1 Å². The van der Waals surface area contributed by atoms with E-state index in [2.05, 4.69) is 25.9 Å². The average molecular weight is 457 g/mol. The van der Waals surface area contributed by atoms with Crippen molar-refractivity contribution >= 4 is 43.0 Å². The first-order valence-corrected chi connectivity index (χ1v) is 10.6. The van der Waals surface area contributed by atoms with E-state index in [-0.39, 0.29) is 28.2 Å². The largest absolute Gasteiger partial charge is 0.489 e. The van der Waals surface area contributed by atoms with E-state index in [4.69, 9.17) is 10.5 Å². The Labute approximate surface area is 166 Å². The molecule has 8 nitrogen and oxygen atoms in total. The number of pyridine rings is 2. The van der Waals surface area contributed by atoms with Gasteiger partial charge in [0.15, 0.2) is 9.84 Å². The molecule has 0 saturated heterocycles. The molecule has 2 rings (SSSR count). The molecule has 0 aliphatic carbocycles. The van der Waals surface area contributed by atoms with Crippen LogP contribution in [0.4, 0.5) is 11.4 Å². The van der Waals surface area contributed by atoms with E-state index in [1.54, 1.807) is 6.07 Å². The highest BCUT2D eigenvalue weighted by atomic mass is 79.9. The van der Waals surface area contributed by atoms with E-state index in [1.165, 1.54) is 37.3 Å². The number of carbonyl (C=O) groups is 1. The molecule has 0 aliphatic rings. The van der Waals surface area contributed by atoms with Gasteiger partial charge in [-0.15, -0.1) is 0 Å². The Morgan fingerprint density at radius 3 is 2.52 bits per heavy atom. The highest BCUT2D eigenvalue weighted by molar-refractivity contribution is 9.10. The zero-order valence-corrected chi connectivity index (χ0v) is 17.8. The van der Waals surface area contributed by atoms with Gasteiger partial charge in [-0.25, -0.2) is 18.4 Å². The lowest BCUT2D eigenvalue weighted by Gasteiger charge is -2.20. The Kier molecular flexibility index (Phi) is 6.42. The minimum Gasteiger partial charge on any atom is -0.489 e. The summed E-state index contributed by atoms with van der Waals surface area (Å²) in [5, 5.41) is 0. The molecule has 0 fully saturated rings. The third-order valence-corrected chi connectivity index (χ3v) is 5.84. The fourth-order valence-electron chi connectivity index (χ4n) is 2.30. The predicted molar refractivity (Wildman–Crippen MR) is 107 cm³/mol. The average Bonchev–Trinajstić information content (AvgIpc) is 2.60. The summed E-state index contributed by atoms with van der Waals surface area (Å²) in [6.07, 6.45) is 2.59. The zero-order valence-electron chi connectivity index (χ0n) is 15.4. The van der Waals surface area contributed by atoms with Gasteiger partial charge in [-0.05, 0) is 35.8 Å². The second kappa shape index (κ2) is 8.22. The molecule has 2 aromatic rings. The summed E-state index contributed by atoms with van der Waals surface area (Å²) < 4.78 is 31.1. The number of hydrogen-bond donors (Lipinski definition) is 1. The lowest BCUT2D eigenvalue weighted by molar-refractivity contribution is 0.0984. The van der Waals surface area contributed by atoms with Crippen molar-refractivity contribution in [3.05, 3.63) is 34.8 Å². The molecular weight excluding hydrogens is 436 g/mol. The van der Waals surface area contributed by atoms with E-state index in [0.29, 0.717) is 16.0 Å². The van der Waals surface area contributed by atoms with Crippen LogP contribution in [0.25, 0.3) is 0 Å². The Hall–Kier alpha value is -2.20. The molecule has 0 bridgehead atoms. The molecule has 0 unspecified atom stereocenters. The summed E-state index contributed by atoms with van der Waals surface area (Å²) >= 11 is 3.20. The first kappa shape index (κ1) is 21.1. The van der Waals surface area contributed by atoms with E-state index in [0.717, 1.165) is 0 Å². The summed E-state index contributed by atoms with van der Waals surface area (Å²) in [5.74, 6) is -0.513. The van der Waals surface area contributed by atoms with Crippen LogP contribution in [0.15, 0.2) is 34.0 Å². The molecule has 2 heterocycles. The quantitative estimate of drug-likeness (QED) is 0.663. The third kappa shape index (κ3) is 4.75. The second-order valence-electron chi connectivity index (χ2n) is 6.02. The van der Waals surface area contributed by atoms with Crippen LogP contribution in [-0.4, -0.2) is 43.2 Å². The van der Waals surface area contributed by atoms with Gasteiger partial charge in [0.25, 0.3) is 5.91 Å². The summed E-state index contributed by atoms with van der Waals surface area (Å²) in [6.45, 7) is 5.12. The van der Waals surface area contributed by atoms with Crippen LogP contribution in [0.2, 0.25) is 0 Å². The van der Waals surface area contributed by atoms with Crippen molar-refractivity contribution < 1.29 is 17.9 Å². The van der Waals surface area contributed by atoms with Crippen molar-refractivity contribution in [1.29, 1.82) is 0 Å². The molecule has 0 aliphatic heterocycles. The number of aromatic nitrogens is 2. The maximum atomic E-state index is 13.0. The van der Waals surface area contributed by atoms with Gasteiger partial charge < -0.3 is 15.4 Å². The molecule has 10 heteroatoms. The Morgan fingerprint density at radius 1 is 1.30 bits per heavy atom. The molecule has 0 atom stereocenters. The van der Waals surface area contributed by atoms with Crippen LogP contribution >= 0.6 is 15.9 Å². The second-order valence-corrected chi connectivity index (χ2v) is 9.08. The highest BCUT2D eigenvalue weighted by Gasteiger charge is 2.27. The van der Waals surface area contributed by atoms with Crippen LogP contribution in [0.1, 0.15) is 31.3 Å². The Bertz CT molecular complexity index is 963. The topological polar surface area (TPSA) is 115 Å². The number of rotatable bonds is 6. The van der Waals surface area contributed by atoms with Gasteiger partial charge in [0.05, 0.1) is 35.6 Å². The van der Waals surface area contributed by atoms with Crippen molar-refractivity contribution in [3.63, 3.8) is 0 Å². The van der Waals surface area contributed by atoms with Crippen molar-refractivity contribution in [3.8, 4) is 5.75 Å². The molecule has 0 radical (unpaired) electrons. The minimum atomic E-state index is -3.71. The number of amides is 1. The Balaban J connectivity index is 2.54. The third-order valence-electron chi connectivity index (χ3n) is 3.66. The van der Waals surface area contributed by atoms with Crippen molar-refractivity contribution in [1.82, 2.24) is 9.97 Å². The maximum absolute atomic E-state index is 13.0. The molecule has 0 spiro atoms. The number of carbonyl (C=O) groups excluding carboxylic acids is 1. The van der Waals surface area contributed by atoms with E-state index in [9.17, 15) is 13.2 Å². The summed E-state index contributed by atoms with van der Waals surface area (Å²) in [7, 11) is -2.23. The van der Waals surface area contributed by atoms with Gasteiger partial charge in [0.2, 0.25) is 0 Å². The van der Waals surface area contributed by atoms with Crippen LogP contribution in [-0.2, 0) is 9.84 Å². The lowest BCUT2D eigenvalue weighted by Crippen LogP contribution is -2.30. The molecular formula is C17H21BrN4O4S. The van der Waals surface area contributed by atoms with Gasteiger partial charge in [-0.3, -0.25) is 4.79 Å². The standard InChI is InChI=1S/C17H21BrN4O4S/c1-5-27(24,25)14-6-11(26-10(2)3)8-21-16(14)17(23)22(4)13-9-20-15(18)7-12(13)19/h6-10H,5H2,1-4H3,(H2,19,20). The number of hydrogen-bond acceptors (Lipinski definition) is 7. The highest BCUT2D eigenvalue weighted by Crippen LogP contribution is 2.28. The maximum Gasteiger partial charge on any atom is 0.278 e. The monoisotopic (exact) mass is 456 g/mol. The number of nitrogen functional groups attached to an aromatic ring is 1. The van der Waals surface area contributed by atoms with Crippen molar-refractivity contribution in [2.75, 3.05) is 23.4 Å². The number of halogens is 1. The van der Waals surface area contributed by atoms with Gasteiger partial charge in [0.1, 0.15) is 20.9 Å². The minimum absolute atomic E-state index is 0.165. The molecule has 0 aromatic carbocycles. The first-order chi connectivity index (χ1) is 12.6. The molecule has 0 saturated carbocycles.